The van der Waals surface area contributed by atoms with E-state index in [1.165, 1.54) is 0 Å². The van der Waals surface area contributed by atoms with Crippen molar-refractivity contribution < 1.29 is 4.79 Å². The van der Waals surface area contributed by atoms with E-state index in [-0.39, 0.29) is 5.91 Å². The van der Waals surface area contributed by atoms with Crippen molar-refractivity contribution in [2.75, 3.05) is 22.9 Å². The summed E-state index contributed by atoms with van der Waals surface area (Å²) in [5.41, 5.74) is 3.13. The first-order valence-electron chi connectivity index (χ1n) is 8.00. The number of para-hydroxylation sites is 2. The Hall–Kier alpha value is -2.00. The molecule has 0 fully saturated rings. The first-order chi connectivity index (χ1) is 11.1. The van der Waals surface area contributed by atoms with Gasteiger partial charge in [0.2, 0.25) is 5.91 Å². The summed E-state index contributed by atoms with van der Waals surface area (Å²) in [7, 11) is 0. The summed E-state index contributed by atoms with van der Waals surface area (Å²) in [5.74, 6) is 0.127. The molecular weight excluding hydrogens is 308 g/mol. The molecule has 0 bridgehead atoms. The van der Waals surface area contributed by atoms with Gasteiger partial charge in [-0.3, -0.25) is 4.79 Å². The van der Waals surface area contributed by atoms with Crippen molar-refractivity contribution in [3.8, 4) is 0 Å². The first-order valence-corrected chi connectivity index (χ1v) is 8.38. The molecule has 1 unspecified atom stereocenters. The summed E-state index contributed by atoms with van der Waals surface area (Å²) < 4.78 is 0. The van der Waals surface area contributed by atoms with Crippen molar-refractivity contribution in [2.45, 2.75) is 26.3 Å². The third kappa shape index (κ3) is 3.20. The number of halogens is 1. The van der Waals surface area contributed by atoms with Crippen LogP contribution >= 0.6 is 11.6 Å². The molecule has 0 N–H and O–H groups in total. The smallest absolute Gasteiger partial charge is 0.231 e. The Morgan fingerprint density at radius 2 is 1.78 bits per heavy atom. The number of rotatable bonds is 3. The van der Waals surface area contributed by atoms with Gasteiger partial charge in [-0.05, 0) is 43.7 Å². The SMILES string of the molecule is CCN1c2ccccc2N(C(=O)Cc2ccc(Cl)cc2)CC1C. The number of hydrogen-bond acceptors (Lipinski definition) is 2. The molecule has 1 aliphatic heterocycles. The number of carbonyl (C=O) groups is 1. The zero-order valence-corrected chi connectivity index (χ0v) is 14.3. The average Bonchev–Trinajstić information content (AvgIpc) is 2.56. The van der Waals surface area contributed by atoms with Gasteiger partial charge in [0.1, 0.15) is 0 Å². The topological polar surface area (TPSA) is 23.6 Å². The maximum absolute atomic E-state index is 12.8. The summed E-state index contributed by atoms with van der Waals surface area (Å²) in [6.45, 7) is 5.98. The van der Waals surface area contributed by atoms with Crippen LogP contribution in [0.15, 0.2) is 48.5 Å². The molecule has 0 spiro atoms. The highest BCUT2D eigenvalue weighted by Gasteiger charge is 2.30. The van der Waals surface area contributed by atoms with Gasteiger partial charge in [0.05, 0.1) is 17.8 Å². The Bertz CT molecular complexity index is 699. The molecule has 0 radical (unpaired) electrons. The minimum absolute atomic E-state index is 0.127. The Balaban J connectivity index is 1.87. The Labute approximate surface area is 142 Å². The summed E-state index contributed by atoms with van der Waals surface area (Å²) >= 11 is 5.91. The van der Waals surface area contributed by atoms with Gasteiger partial charge < -0.3 is 9.80 Å². The monoisotopic (exact) mass is 328 g/mol. The zero-order valence-electron chi connectivity index (χ0n) is 13.5. The molecule has 1 heterocycles. The number of likely N-dealkylation sites (N-methyl/N-ethyl adjacent to an activating group) is 1. The van der Waals surface area contributed by atoms with Crippen LogP contribution in [0.4, 0.5) is 11.4 Å². The fraction of sp³-hybridized carbons (Fsp3) is 0.316. The Kier molecular flexibility index (Phi) is 4.58. The maximum Gasteiger partial charge on any atom is 0.231 e. The van der Waals surface area contributed by atoms with Gasteiger partial charge >= 0.3 is 0 Å². The lowest BCUT2D eigenvalue weighted by molar-refractivity contribution is -0.118. The van der Waals surface area contributed by atoms with Crippen LogP contribution in [0.1, 0.15) is 19.4 Å². The maximum atomic E-state index is 12.8. The fourth-order valence-corrected chi connectivity index (χ4v) is 3.35. The predicted molar refractivity (Wildman–Crippen MR) is 96.4 cm³/mol. The Morgan fingerprint density at radius 3 is 2.43 bits per heavy atom. The lowest BCUT2D eigenvalue weighted by Gasteiger charge is -2.42. The lowest BCUT2D eigenvalue weighted by Crippen LogP contribution is -2.50. The number of benzene rings is 2. The Morgan fingerprint density at radius 1 is 1.13 bits per heavy atom. The van der Waals surface area contributed by atoms with E-state index in [1.54, 1.807) is 0 Å². The molecule has 120 valence electrons. The number of hydrogen-bond donors (Lipinski definition) is 0. The highest BCUT2D eigenvalue weighted by Crippen LogP contribution is 2.35. The molecule has 0 aromatic heterocycles. The minimum Gasteiger partial charge on any atom is -0.366 e. The third-order valence-electron chi connectivity index (χ3n) is 4.37. The predicted octanol–water partition coefficient (Wildman–Crippen LogP) is 4.14. The van der Waals surface area contributed by atoms with Crippen LogP contribution < -0.4 is 9.80 Å². The van der Waals surface area contributed by atoms with Crippen molar-refractivity contribution in [1.29, 1.82) is 0 Å². The number of nitrogens with zero attached hydrogens (tertiary/aromatic N) is 2. The minimum atomic E-state index is 0.127. The molecule has 1 atom stereocenters. The van der Waals surface area contributed by atoms with Gasteiger partial charge in [0.25, 0.3) is 0 Å². The van der Waals surface area contributed by atoms with Crippen LogP contribution in [0.3, 0.4) is 0 Å². The van der Waals surface area contributed by atoms with Crippen LogP contribution in [-0.4, -0.2) is 25.0 Å². The van der Waals surface area contributed by atoms with E-state index in [4.69, 9.17) is 11.6 Å². The van der Waals surface area contributed by atoms with Crippen molar-refractivity contribution in [3.63, 3.8) is 0 Å². The molecule has 2 aromatic rings. The largest absolute Gasteiger partial charge is 0.366 e. The second-order valence-electron chi connectivity index (χ2n) is 5.93. The molecule has 23 heavy (non-hydrogen) atoms. The molecule has 0 saturated carbocycles. The number of anilines is 2. The van der Waals surface area contributed by atoms with E-state index in [9.17, 15) is 4.79 Å². The highest BCUT2D eigenvalue weighted by molar-refractivity contribution is 6.30. The van der Waals surface area contributed by atoms with Crippen molar-refractivity contribution in [2.24, 2.45) is 0 Å². The van der Waals surface area contributed by atoms with Crippen LogP contribution in [0.25, 0.3) is 0 Å². The number of amides is 1. The van der Waals surface area contributed by atoms with Gasteiger partial charge in [-0.1, -0.05) is 35.9 Å². The second-order valence-corrected chi connectivity index (χ2v) is 6.37. The summed E-state index contributed by atoms with van der Waals surface area (Å²) in [5, 5.41) is 0.691. The van der Waals surface area contributed by atoms with Crippen molar-refractivity contribution in [3.05, 3.63) is 59.1 Å². The van der Waals surface area contributed by atoms with Crippen LogP contribution in [-0.2, 0) is 11.2 Å². The van der Waals surface area contributed by atoms with E-state index < -0.39 is 0 Å². The molecule has 1 aliphatic rings. The molecule has 3 nitrogen and oxygen atoms in total. The van der Waals surface area contributed by atoms with E-state index >= 15 is 0 Å². The normalized spacial score (nSPS) is 17.1. The molecule has 0 aliphatic carbocycles. The van der Waals surface area contributed by atoms with Crippen molar-refractivity contribution >= 4 is 28.9 Å². The van der Waals surface area contributed by atoms with Gasteiger partial charge in [0, 0.05) is 24.2 Å². The number of carbonyl (C=O) groups excluding carboxylic acids is 1. The number of fused-ring (bicyclic) bond motifs is 1. The average molecular weight is 329 g/mol. The van der Waals surface area contributed by atoms with E-state index in [0.717, 1.165) is 30.0 Å². The third-order valence-corrected chi connectivity index (χ3v) is 4.62. The van der Waals surface area contributed by atoms with Gasteiger partial charge in [-0.15, -0.1) is 0 Å². The fourth-order valence-electron chi connectivity index (χ4n) is 3.22. The van der Waals surface area contributed by atoms with Crippen LogP contribution in [0, 0.1) is 0 Å². The van der Waals surface area contributed by atoms with Gasteiger partial charge in [0.15, 0.2) is 0 Å². The first kappa shape index (κ1) is 15.9. The lowest BCUT2D eigenvalue weighted by atomic mass is 10.1. The molecule has 0 saturated heterocycles. The van der Waals surface area contributed by atoms with Gasteiger partial charge in [-0.2, -0.15) is 0 Å². The molecule has 2 aromatic carbocycles. The molecular formula is C19H21ClN2O. The van der Waals surface area contributed by atoms with E-state index in [1.807, 2.05) is 47.4 Å². The standard InChI is InChI=1S/C19H21ClN2O/c1-3-21-14(2)13-22(18-7-5-4-6-17(18)21)19(23)12-15-8-10-16(20)11-9-15/h4-11,14H,3,12-13H2,1-2H3. The highest BCUT2D eigenvalue weighted by atomic mass is 35.5. The summed E-state index contributed by atoms with van der Waals surface area (Å²) in [6.07, 6.45) is 0.393. The van der Waals surface area contributed by atoms with Crippen LogP contribution in [0.5, 0.6) is 0 Å². The van der Waals surface area contributed by atoms with Gasteiger partial charge in [-0.25, -0.2) is 0 Å². The van der Waals surface area contributed by atoms with Crippen LogP contribution in [0.2, 0.25) is 5.02 Å². The molecule has 4 heteroatoms. The summed E-state index contributed by atoms with van der Waals surface area (Å²) in [6, 6.07) is 15.9. The quantitative estimate of drug-likeness (QED) is 0.845. The molecule has 3 rings (SSSR count). The van der Waals surface area contributed by atoms with E-state index in [0.29, 0.717) is 17.5 Å². The summed E-state index contributed by atoms with van der Waals surface area (Å²) in [4.78, 5) is 17.1. The van der Waals surface area contributed by atoms with Crippen molar-refractivity contribution in [1.82, 2.24) is 0 Å². The second kappa shape index (κ2) is 6.63. The van der Waals surface area contributed by atoms with E-state index in [2.05, 4.69) is 24.8 Å². The molecule has 1 amide bonds. The zero-order chi connectivity index (χ0) is 16.4.